The van der Waals surface area contributed by atoms with Crippen molar-refractivity contribution in [1.29, 1.82) is 0 Å². The predicted molar refractivity (Wildman–Crippen MR) is 65.5 cm³/mol. The largest absolute Gasteiger partial charge is 0.457 e. The van der Waals surface area contributed by atoms with Crippen molar-refractivity contribution in [3.8, 4) is 11.5 Å². The monoisotopic (exact) mass is 231 g/mol. The van der Waals surface area contributed by atoms with Gasteiger partial charge in [-0.2, -0.15) is 0 Å². The topological polar surface area (TPSA) is 35.2 Å². The van der Waals surface area contributed by atoms with Crippen molar-refractivity contribution in [1.82, 2.24) is 0 Å². The molecule has 0 heterocycles. The summed E-state index contributed by atoms with van der Waals surface area (Å²) in [6.45, 7) is 2.06. The van der Waals surface area contributed by atoms with Crippen molar-refractivity contribution in [3.05, 3.63) is 59.4 Å². The van der Waals surface area contributed by atoms with Gasteiger partial charge in [-0.3, -0.25) is 0 Å². The third kappa shape index (κ3) is 2.45. The van der Waals surface area contributed by atoms with Crippen molar-refractivity contribution in [2.75, 3.05) is 0 Å². The Balaban J connectivity index is 2.37. The maximum atomic E-state index is 13.5. The quantitative estimate of drug-likeness (QED) is 0.878. The molecule has 0 spiro atoms. The number of para-hydroxylation sites is 1. The van der Waals surface area contributed by atoms with E-state index in [0.29, 0.717) is 17.1 Å². The second-order valence-corrected chi connectivity index (χ2v) is 3.79. The highest BCUT2D eigenvalue weighted by molar-refractivity contribution is 5.41. The molecule has 0 unspecified atom stereocenters. The number of hydrogen-bond acceptors (Lipinski definition) is 2. The lowest BCUT2D eigenvalue weighted by Crippen LogP contribution is -2.02. The molecule has 0 aliphatic carbocycles. The smallest absolute Gasteiger partial charge is 0.134 e. The average Bonchev–Trinajstić information content (AvgIpc) is 2.32. The summed E-state index contributed by atoms with van der Waals surface area (Å²) in [6.07, 6.45) is 0. The Labute approximate surface area is 99.8 Å². The van der Waals surface area contributed by atoms with Gasteiger partial charge in [-0.25, -0.2) is 4.39 Å². The molecule has 0 saturated heterocycles. The van der Waals surface area contributed by atoms with Gasteiger partial charge in [0.05, 0.1) is 0 Å². The Kier molecular flexibility index (Phi) is 3.40. The molecule has 0 atom stereocenters. The van der Waals surface area contributed by atoms with Gasteiger partial charge < -0.3 is 10.5 Å². The highest BCUT2D eigenvalue weighted by Crippen LogP contribution is 2.28. The number of halogens is 1. The van der Waals surface area contributed by atoms with Crippen LogP contribution in [0, 0.1) is 12.7 Å². The van der Waals surface area contributed by atoms with E-state index in [1.165, 1.54) is 6.07 Å². The SMILES string of the molecule is Cc1ccccc1Oc1cccc(F)c1CN. The molecule has 2 nitrogen and oxygen atoms in total. The molecule has 0 fully saturated rings. The van der Waals surface area contributed by atoms with Crippen LogP contribution in [-0.4, -0.2) is 0 Å². The molecule has 0 aliphatic heterocycles. The van der Waals surface area contributed by atoms with E-state index in [2.05, 4.69) is 0 Å². The van der Waals surface area contributed by atoms with Gasteiger partial charge in [0.15, 0.2) is 0 Å². The van der Waals surface area contributed by atoms with Crippen molar-refractivity contribution in [3.63, 3.8) is 0 Å². The van der Waals surface area contributed by atoms with Gasteiger partial charge in [0.2, 0.25) is 0 Å². The summed E-state index contributed by atoms with van der Waals surface area (Å²) >= 11 is 0. The molecular formula is C14H14FNO. The highest BCUT2D eigenvalue weighted by atomic mass is 19.1. The normalized spacial score (nSPS) is 10.3. The number of hydrogen-bond donors (Lipinski definition) is 1. The lowest BCUT2D eigenvalue weighted by molar-refractivity contribution is 0.464. The number of ether oxygens (including phenoxy) is 1. The first kappa shape index (κ1) is 11.6. The fourth-order valence-electron chi connectivity index (χ4n) is 1.62. The van der Waals surface area contributed by atoms with Crippen molar-refractivity contribution in [2.45, 2.75) is 13.5 Å². The first-order chi connectivity index (χ1) is 8.22. The maximum Gasteiger partial charge on any atom is 0.134 e. The third-order valence-electron chi connectivity index (χ3n) is 2.59. The predicted octanol–water partition coefficient (Wildman–Crippen LogP) is 3.39. The Bertz CT molecular complexity index is 525. The summed E-state index contributed by atoms with van der Waals surface area (Å²) in [5, 5.41) is 0. The zero-order chi connectivity index (χ0) is 12.3. The second-order valence-electron chi connectivity index (χ2n) is 3.79. The van der Waals surface area contributed by atoms with Gasteiger partial charge in [-0.05, 0) is 30.7 Å². The van der Waals surface area contributed by atoms with Gasteiger partial charge in [0, 0.05) is 12.1 Å². The van der Waals surface area contributed by atoms with Gasteiger partial charge in [-0.1, -0.05) is 24.3 Å². The van der Waals surface area contributed by atoms with E-state index in [9.17, 15) is 4.39 Å². The zero-order valence-corrected chi connectivity index (χ0v) is 9.61. The lowest BCUT2D eigenvalue weighted by Gasteiger charge is -2.12. The van der Waals surface area contributed by atoms with Crippen molar-refractivity contribution < 1.29 is 9.13 Å². The van der Waals surface area contributed by atoms with Gasteiger partial charge in [0.1, 0.15) is 17.3 Å². The van der Waals surface area contributed by atoms with E-state index in [1.807, 2.05) is 31.2 Å². The summed E-state index contributed by atoms with van der Waals surface area (Å²) in [5.74, 6) is 0.855. The van der Waals surface area contributed by atoms with Crippen LogP contribution in [0.2, 0.25) is 0 Å². The summed E-state index contributed by atoms with van der Waals surface area (Å²) in [6, 6.07) is 12.3. The number of nitrogens with two attached hydrogens (primary N) is 1. The fourth-order valence-corrected chi connectivity index (χ4v) is 1.62. The lowest BCUT2D eigenvalue weighted by atomic mass is 10.2. The van der Waals surface area contributed by atoms with Crippen LogP contribution in [0.4, 0.5) is 4.39 Å². The molecule has 2 rings (SSSR count). The molecule has 88 valence electrons. The molecule has 17 heavy (non-hydrogen) atoms. The van der Waals surface area contributed by atoms with Crippen LogP contribution in [0.3, 0.4) is 0 Å². The summed E-state index contributed by atoms with van der Waals surface area (Å²) in [7, 11) is 0. The Hall–Kier alpha value is -1.87. The van der Waals surface area contributed by atoms with Crippen molar-refractivity contribution >= 4 is 0 Å². The Morgan fingerprint density at radius 2 is 1.76 bits per heavy atom. The molecule has 3 heteroatoms. The maximum absolute atomic E-state index is 13.5. The minimum atomic E-state index is -0.335. The third-order valence-corrected chi connectivity index (χ3v) is 2.59. The second kappa shape index (κ2) is 4.97. The average molecular weight is 231 g/mol. The van der Waals surface area contributed by atoms with E-state index in [-0.39, 0.29) is 12.4 Å². The van der Waals surface area contributed by atoms with E-state index >= 15 is 0 Å². The number of benzene rings is 2. The standard InChI is InChI=1S/C14H14FNO/c1-10-5-2-3-7-13(10)17-14-8-4-6-12(15)11(14)9-16/h2-8H,9,16H2,1H3. The summed E-state index contributed by atoms with van der Waals surface area (Å²) < 4.78 is 19.2. The molecular weight excluding hydrogens is 217 g/mol. The van der Waals surface area contributed by atoms with Crippen LogP contribution >= 0.6 is 0 Å². The fraction of sp³-hybridized carbons (Fsp3) is 0.143. The van der Waals surface area contributed by atoms with Crippen LogP contribution in [0.25, 0.3) is 0 Å². The number of rotatable bonds is 3. The molecule has 0 bridgehead atoms. The molecule has 0 saturated carbocycles. The Morgan fingerprint density at radius 1 is 1.06 bits per heavy atom. The molecule has 0 aromatic heterocycles. The van der Waals surface area contributed by atoms with Gasteiger partial charge in [-0.15, -0.1) is 0 Å². The van der Waals surface area contributed by atoms with E-state index < -0.39 is 0 Å². The summed E-state index contributed by atoms with van der Waals surface area (Å²) in [4.78, 5) is 0. The minimum absolute atomic E-state index is 0.119. The molecule has 2 aromatic carbocycles. The van der Waals surface area contributed by atoms with Crippen LogP contribution in [0.1, 0.15) is 11.1 Å². The molecule has 0 amide bonds. The van der Waals surface area contributed by atoms with E-state index in [0.717, 1.165) is 5.56 Å². The van der Waals surface area contributed by atoms with Crippen LogP contribution < -0.4 is 10.5 Å². The number of aryl methyl sites for hydroxylation is 1. The van der Waals surface area contributed by atoms with E-state index in [1.54, 1.807) is 12.1 Å². The van der Waals surface area contributed by atoms with Crippen molar-refractivity contribution in [2.24, 2.45) is 5.73 Å². The van der Waals surface area contributed by atoms with Crippen LogP contribution in [0.15, 0.2) is 42.5 Å². The summed E-state index contributed by atoms with van der Waals surface area (Å²) in [5.41, 5.74) is 6.92. The molecule has 2 N–H and O–H groups in total. The van der Waals surface area contributed by atoms with Crippen LogP contribution in [0.5, 0.6) is 11.5 Å². The highest BCUT2D eigenvalue weighted by Gasteiger charge is 2.09. The first-order valence-corrected chi connectivity index (χ1v) is 5.43. The Morgan fingerprint density at radius 3 is 2.47 bits per heavy atom. The zero-order valence-electron chi connectivity index (χ0n) is 9.61. The van der Waals surface area contributed by atoms with E-state index in [4.69, 9.17) is 10.5 Å². The minimum Gasteiger partial charge on any atom is -0.457 e. The van der Waals surface area contributed by atoms with Gasteiger partial charge >= 0.3 is 0 Å². The van der Waals surface area contributed by atoms with Crippen LogP contribution in [-0.2, 0) is 6.54 Å². The molecule has 0 radical (unpaired) electrons. The molecule has 2 aromatic rings. The first-order valence-electron chi connectivity index (χ1n) is 5.43. The van der Waals surface area contributed by atoms with Gasteiger partial charge in [0.25, 0.3) is 0 Å². The molecule has 0 aliphatic rings.